The summed E-state index contributed by atoms with van der Waals surface area (Å²) in [5.41, 5.74) is 0.372. The van der Waals surface area contributed by atoms with E-state index in [9.17, 15) is 13.2 Å². The molecule has 5 heteroatoms. The molecular weight excluding hydrogens is 253 g/mol. The Kier molecular flexibility index (Phi) is 3.97. The van der Waals surface area contributed by atoms with Gasteiger partial charge in [0.2, 0.25) is 0 Å². The second-order valence-corrected chi connectivity index (χ2v) is 5.47. The van der Waals surface area contributed by atoms with Crippen molar-refractivity contribution in [1.82, 2.24) is 0 Å². The first-order valence-electron chi connectivity index (χ1n) is 5.11. The molecule has 0 saturated carbocycles. The van der Waals surface area contributed by atoms with Crippen LogP contribution >= 0.6 is 11.6 Å². The van der Waals surface area contributed by atoms with Gasteiger partial charge in [-0.25, -0.2) is 0 Å². The summed E-state index contributed by atoms with van der Waals surface area (Å²) < 4.78 is 40.6. The Morgan fingerprint density at radius 1 is 1.18 bits per heavy atom. The van der Waals surface area contributed by atoms with Gasteiger partial charge < -0.3 is 4.74 Å². The number of alkyl halides is 3. The Balaban J connectivity index is 3.04. The zero-order valence-electron chi connectivity index (χ0n) is 9.86. The number of halogens is 4. The Bertz CT molecular complexity index is 394. The van der Waals surface area contributed by atoms with Crippen LogP contribution in [0.3, 0.4) is 0 Å². The summed E-state index contributed by atoms with van der Waals surface area (Å²) in [6.07, 6.45) is -4.22. The van der Waals surface area contributed by atoms with Gasteiger partial charge in [0, 0.05) is 5.02 Å². The van der Waals surface area contributed by atoms with Crippen LogP contribution in [0.25, 0.3) is 0 Å². The smallest absolute Gasteiger partial charge is 0.405 e. The first kappa shape index (κ1) is 14.2. The van der Waals surface area contributed by atoms with E-state index in [-0.39, 0.29) is 16.2 Å². The van der Waals surface area contributed by atoms with Gasteiger partial charge in [-0.2, -0.15) is 0 Å². The lowest BCUT2D eigenvalue weighted by molar-refractivity contribution is -0.275. The van der Waals surface area contributed by atoms with E-state index in [1.807, 2.05) is 20.8 Å². The van der Waals surface area contributed by atoms with E-state index in [0.29, 0.717) is 12.0 Å². The van der Waals surface area contributed by atoms with Gasteiger partial charge in [0.1, 0.15) is 5.75 Å². The van der Waals surface area contributed by atoms with Crippen molar-refractivity contribution >= 4 is 11.6 Å². The van der Waals surface area contributed by atoms with Crippen LogP contribution in [0.15, 0.2) is 18.2 Å². The van der Waals surface area contributed by atoms with E-state index in [1.54, 1.807) is 12.1 Å². The summed E-state index contributed by atoms with van der Waals surface area (Å²) in [5.74, 6) is -0.222. The lowest BCUT2D eigenvalue weighted by Crippen LogP contribution is -2.19. The second kappa shape index (κ2) is 4.77. The summed E-state index contributed by atoms with van der Waals surface area (Å²) >= 11 is 5.67. The molecule has 0 amide bonds. The Morgan fingerprint density at radius 2 is 1.76 bits per heavy atom. The molecule has 1 rings (SSSR count). The second-order valence-electron chi connectivity index (χ2n) is 5.04. The van der Waals surface area contributed by atoms with Crippen molar-refractivity contribution in [3.8, 4) is 5.75 Å². The minimum Gasteiger partial charge on any atom is -0.405 e. The molecule has 0 bridgehead atoms. The number of hydrogen-bond acceptors (Lipinski definition) is 1. The van der Waals surface area contributed by atoms with Crippen molar-refractivity contribution in [3.63, 3.8) is 0 Å². The van der Waals surface area contributed by atoms with Gasteiger partial charge >= 0.3 is 6.36 Å². The molecule has 17 heavy (non-hydrogen) atoms. The third-order valence-corrected chi connectivity index (χ3v) is 2.21. The number of hydrogen-bond donors (Lipinski definition) is 0. The van der Waals surface area contributed by atoms with E-state index in [4.69, 9.17) is 11.6 Å². The van der Waals surface area contributed by atoms with E-state index in [0.717, 1.165) is 0 Å². The largest absolute Gasteiger partial charge is 0.573 e. The van der Waals surface area contributed by atoms with Crippen LogP contribution in [0.1, 0.15) is 26.3 Å². The lowest BCUT2D eigenvalue weighted by atomic mass is 9.88. The highest BCUT2D eigenvalue weighted by Crippen LogP contribution is 2.33. The highest BCUT2D eigenvalue weighted by molar-refractivity contribution is 6.30. The lowest BCUT2D eigenvalue weighted by Gasteiger charge is -2.21. The van der Waals surface area contributed by atoms with Crippen LogP contribution in [0.2, 0.25) is 5.02 Å². The molecule has 0 spiro atoms. The topological polar surface area (TPSA) is 9.23 Å². The number of ether oxygens (including phenoxy) is 1. The molecule has 0 atom stereocenters. The molecule has 0 fully saturated rings. The van der Waals surface area contributed by atoms with Crippen LogP contribution < -0.4 is 4.74 Å². The standard InChI is InChI=1S/C12H14ClF3O/c1-11(2,3)7-8-4-5-9(13)6-10(8)17-12(14,15)16/h4-6H,7H2,1-3H3. The highest BCUT2D eigenvalue weighted by atomic mass is 35.5. The Labute approximate surface area is 104 Å². The third-order valence-electron chi connectivity index (χ3n) is 1.98. The molecular formula is C12H14ClF3O. The number of rotatable bonds is 2. The van der Waals surface area contributed by atoms with Crippen molar-refractivity contribution in [2.45, 2.75) is 33.6 Å². The molecule has 0 aliphatic carbocycles. The van der Waals surface area contributed by atoms with Gasteiger partial charge in [0.05, 0.1) is 0 Å². The zero-order valence-corrected chi connectivity index (χ0v) is 10.6. The maximum atomic E-state index is 12.2. The minimum absolute atomic E-state index is 0.127. The van der Waals surface area contributed by atoms with E-state index in [1.165, 1.54) is 6.07 Å². The first-order valence-corrected chi connectivity index (χ1v) is 5.49. The molecule has 0 saturated heterocycles. The molecule has 1 nitrogen and oxygen atoms in total. The molecule has 0 aliphatic rings. The molecule has 0 aliphatic heterocycles. The summed E-state index contributed by atoms with van der Waals surface area (Å²) in [6, 6.07) is 4.32. The fourth-order valence-corrected chi connectivity index (χ4v) is 1.63. The summed E-state index contributed by atoms with van der Waals surface area (Å²) in [4.78, 5) is 0. The highest BCUT2D eigenvalue weighted by Gasteiger charge is 2.32. The minimum atomic E-state index is -4.70. The van der Waals surface area contributed by atoms with E-state index < -0.39 is 6.36 Å². The average molecular weight is 267 g/mol. The van der Waals surface area contributed by atoms with Gasteiger partial charge in [0.25, 0.3) is 0 Å². The summed E-state index contributed by atoms with van der Waals surface area (Å²) in [6.45, 7) is 5.83. The molecule has 0 heterocycles. The maximum Gasteiger partial charge on any atom is 0.573 e. The van der Waals surface area contributed by atoms with Gasteiger partial charge in [-0.1, -0.05) is 38.4 Å². The first-order chi connectivity index (χ1) is 7.57. The Hall–Kier alpha value is -0.900. The van der Waals surface area contributed by atoms with Crippen molar-refractivity contribution < 1.29 is 17.9 Å². The van der Waals surface area contributed by atoms with Crippen molar-refractivity contribution in [2.24, 2.45) is 5.41 Å². The quantitative estimate of drug-likeness (QED) is 0.745. The van der Waals surface area contributed by atoms with Gasteiger partial charge in [-0.15, -0.1) is 13.2 Å². The Morgan fingerprint density at radius 3 is 2.24 bits per heavy atom. The maximum absolute atomic E-state index is 12.2. The molecule has 96 valence electrons. The van der Waals surface area contributed by atoms with Gasteiger partial charge in [0.15, 0.2) is 0 Å². The molecule has 0 radical (unpaired) electrons. The van der Waals surface area contributed by atoms with Crippen LogP contribution in [-0.4, -0.2) is 6.36 Å². The van der Waals surface area contributed by atoms with Gasteiger partial charge in [-0.05, 0) is 29.5 Å². The third kappa shape index (κ3) is 5.31. The normalized spacial score (nSPS) is 12.6. The predicted octanol–water partition coefficient (Wildman–Crippen LogP) is 4.83. The molecule has 0 N–H and O–H groups in total. The average Bonchev–Trinajstić information content (AvgIpc) is 2.05. The van der Waals surface area contributed by atoms with Crippen molar-refractivity contribution in [3.05, 3.63) is 28.8 Å². The molecule has 0 unspecified atom stereocenters. The fourth-order valence-electron chi connectivity index (χ4n) is 1.47. The van der Waals surface area contributed by atoms with Crippen LogP contribution in [-0.2, 0) is 6.42 Å². The van der Waals surface area contributed by atoms with Crippen LogP contribution in [0, 0.1) is 5.41 Å². The predicted molar refractivity (Wildman–Crippen MR) is 61.3 cm³/mol. The molecule has 1 aromatic rings. The summed E-state index contributed by atoms with van der Waals surface area (Å²) in [7, 11) is 0. The number of benzene rings is 1. The van der Waals surface area contributed by atoms with E-state index >= 15 is 0 Å². The molecule has 0 aromatic heterocycles. The van der Waals surface area contributed by atoms with Crippen molar-refractivity contribution in [2.75, 3.05) is 0 Å². The zero-order chi connectivity index (χ0) is 13.3. The van der Waals surface area contributed by atoms with Crippen LogP contribution in [0.5, 0.6) is 5.75 Å². The van der Waals surface area contributed by atoms with Crippen molar-refractivity contribution in [1.29, 1.82) is 0 Å². The van der Waals surface area contributed by atoms with Crippen LogP contribution in [0.4, 0.5) is 13.2 Å². The monoisotopic (exact) mass is 266 g/mol. The molecule has 1 aromatic carbocycles. The SMILES string of the molecule is CC(C)(C)Cc1ccc(Cl)cc1OC(F)(F)F. The summed E-state index contributed by atoms with van der Waals surface area (Å²) in [5, 5.41) is 0.224. The fraction of sp³-hybridized carbons (Fsp3) is 0.500. The van der Waals surface area contributed by atoms with E-state index in [2.05, 4.69) is 4.74 Å². The van der Waals surface area contributed by atoms with Gasteiger partial charge in [-0.3, -0.25) is 0 Å².